The number of nitrogens with zero attached hydrogens (tertiary/aromatic N) is 1. The van der Waals surface area contributed by atoms with Gasteiger partial charge in [0.2, 0.25) is 0 Å². The van der Waals surface area contributed by atoms with Crippen LogP contribution >= 0.6 is 0 Å². The van der Waals surface area contributed by atoms with Gasteiger partial charge in [-0.05, 0) is 16.3 Å². The van der Waals surface area contributed by atoms with Crippen molar-refractivity contribution in [2.45, 2.75) is 25.3 Å². The van der Waals surface area contributed by atoms with Crippen molar-refractivity contribution in [1.29, 1.82) is 0 Å². The first-order valence-electron chi connectivity index (χ1n) is 6.53. The molecule has 0 amide bonds. The topological polar surface area (TPSA) is 3.01 Å². The average molecular weight is 222 g/mol. The second-order valence-corrected chi connectivity index (χ2v) is 5.23. The number of hydrogen-bond donors (Lipinski definition) is 0. The molecule has 1 atom stereocenters. The minimum Gasteiger partial charge on any atom is -0.232 e. The largest absolute Gasteiger partial charge is 0.232 e. The lowest BCUT2D eigenvalue weighted by atomic mass is 9.92. The van der Waals surface area contributed by atoms with Crippen molar-refractivity contribution in [1.82, 2.24) is 0 Å². The van der Waals surface area contributed by atoms with Crippen LogP contribution in [0.15, 0.2) is 36.4 Å². The third-order valence-electron chi connectivity index (χ3n) is 4.23. The summed E-state index contributed by atoms with van der Waals surface area (Å²) in [5.74, 6) is 0. The van der Waals surface area contributed by atoms with Gasteiger partial charge in [-0.25, -0.2) is 4.58 Å². The second kappa shape index (κ2) is 3.43. The maximum Gasteiger partial charge on any atom is 0.171 e. The van der Waals surface area contributed by atoms with Crippen molar-refractivity contribution in [3.05, 3.63) is 47.5 Å². The summed E-state index contributed by atoms with van der Waals surface area (Å²) in [5.41, 5.74) is 2.99. The summed E-state index contributed by atoms with van der Waals surface area (Å²) in [6, 6.07) is 14.1. The van der Waals surface area contributed by atoms with Gasteiger partial charge in [-0.3, -0.25) is 0 Å². The predicted molar refractivity (Wildman–Crippen MR) is 71.0 cm³/mol. The van der Waals surface area contributed by atoms with Crippen molar-refractivity contribution < 1.29 is 4.58 Å². The lowest BCUT2D eigenvalue weighted by molar-refractivity contribution is -0.540. The molecule has 0 N–H and O–H groups in total. The molecule has 0 aromatic heterocycles. The molecule has 0 saturated carbocycles. The van der Waals surface area contributed by atoms with Gasteiger partial charge in [0.1, 0.15) is 6.54 Å². The van der Waals surface area contributed by atoms with Crippen LogP contribution in [0.5, 0.6) is 0 Å². The molecule has 0 bridgehead atoms. The Morgan fingerprint density at radius 2 is 2.00 bits per heavy atom. The maximum atomic E-state index is 2.55. The molecular formula is C16H16N+. The van der Waals surface area contributed by atoms with E-state index in [9.17, 15) is 0 Å². The van der Waals surface area contributed by atoms with Crippen LogP contribution in [0.25, 0.3) is 10.8 Å². The summed E-state index contributed by atoms with van der Waals surface area (Å²) in [6.07, 6.45) is 6.35. The van der Waals surface area contributed by atoms with Crippen molar-refractivity contribution in [2.24, 2.45) is 0 Å². The lowest BCUT2D eigenvalue weighted by Crippen LogP contribution is -2.28. The van der Waals surface area contributed by atoms with Gasteiger partial charge in [-0.15, -0.1) is 0 Å². The summed E-state index contributed by atoms with van der Waals surface area (Å²) in [5, 5.41) is 2.77. The molecule has 0 spiro atoms. The molecule has 0 unspecified atom stereocenters. The zero-order valence-corrected chi connectivity index (χ0v) is 9.89. The van der Waals surface area contributed by atoms with E-state index in [-0.39, 0.29) is 0 Å². The number of hydrogen-bond acceptors (Lipinski definition) is 0. The van der Waals surface area contributed by atoms with Gasteiger partial charge in [-0.2, -0.15) is 0 Å². The molecule has 2 aliphatic heterocycles. The second-order valence-electron chi connectivity index (χ2n) is 5.23. The minimum absolute atomic E-state index is 0.767. The molecule has 4 rings (SSSR count). The molecule has 84 valence electrons. The fourth-order valence-electron chi connectivity index (χ4n) is 3.34. The van der Waals surface area contributed by atoms with Crippen molar-refractivity contribution in [3.8, 4) is 0 Å². The van der Waals surface area contributed by atoms with E-state index in [0.717, 1.165) is 6.04 Å². The maximum absolute atomic E-state index is 2.55. The van der Waals surface area contributed by atoms with E-state index in [1.54, 1.807) is 0 Å². The van der Waals surface area contributed by atoms with Crippen molar-refractivity contribution in [2.75, 3.05) is 6.54 Å². The van der Waals surface area contributed by atoms with Crippen LogP contribution in [0.3, 0.4) is 0 Å². The number of fused-ring (bicyclic) bond motifs is 4. The van der Waals surface area contributed by atoms with E-state index in [1.807, 2.05) is 0 Å². The first kappa shape index (κ1) is 9.41. The molecule has 1 nitrogen and oxygen atoms in total. The minimum atomic E-state index is 0.767. The molecule has 0 aliphatic carbocycles. The summed E-state index contributed by atoms with van der Waals surface area (Å²) in [7, 11) is 0. The summed E-state index contributed by atoms with van der Waals surface area (Å²) < 4.78 is 2.55. The predicted octanol–water partition coefficient (Wildman–Crippen LogP) is 2.99. The highest BCUT2D eigenvalue weighted by molar-refractivity contribution is 6.00. The average Bonchev–Trinajstić information content (AvgIpc) is 2.83. The van der Waals surface area contributed by atoms with Gasteiger partial charge >= 0.3 is 0 Å². The number of benzene rings is 2. The molecular weight excluding hydrogens is 206 g/mol. The monoisotopic (exact) mass is 222 g/mol. The molecule has 1 heteroatoms. The van der Waals surface area contributed by atoms with E-state index in [4.69, 9.17) is 0 Å². The van der Waals surface area contributed by atoms with Crippen LogP contribution in [0.2, 0.25) is 0 Å². The fraction of sp³-hybridized carbons (Fsp3) is 0.312. The highest BCUT2D eigenvalue weighted by Crippen LogP contribution is 2.28. The van der Waals surface area contributed by atoms with E-state index >= 15 is 0 Å². The highest BCUT2D eigenvalue weighted by Gasteiger charge is 2.32. The van der Waals surface area contributed by atoms with Gasteiger partial charge in [0.15, 0.2) is 12.3 Å². The van der Waals surface area contributed by atoms with E-state index in [0.29, 0.717) is 0 Å². The molecule has 2 heterocycles. The summed E-state index contributed by atoms with van der Waals surface area (Å²) in [6.45, 7) is 1.24. The van der Waals surface area contributed by atoms with E-state index in [2.05, 4.69) is 47.2 Å². The SMILES string of the molecule is C1=[N+]2CCC[C@H]2Cc2ccc3ccccc3c21. The molecule has 2 aliphatic rings. The van der Waals surface area contributed by atoms with E-state index < -0.39 is 0 Å². The Kier molecular flexibility index (Phi) is 1.90. The Balaban J connectivity index is 2.01. The Morgan fingerprint density at radius 1 is 1.06 bits per heavy atom. The quantitative estimate of drug-likeness (QED) is 0.603. The fourth-order valence-corrected chi connectivity index (χ4v) is 3.34. The first-order chi connectivity index (χ1) is 8.42. The third-order valence-corrected chi connectivity index (χ3v) is 4.23. The van der Waals surface area contributed by atoms with Gasteiger partial charge in [0, 0.05) is 24.8 Å². The summed E-state index contributed by atoms with van der Waals surface area (Å²) >= 11 is 0. The molecule has 17 heavy (non-hydrogen) atoms. The van der Waals surface area contributed by atoms with Crippen LogP contribution in [0.4, 0.5) is 0 Å². The van der Waals surface area contributed by atoms with Gasteiger partial charge in [-0.1, -0.05) is 36.4 Å². The summed E-state index contributed by atoms with van der Waals surface area (Å²) in [4.78, 5) is 0. The van der Waals surface area contributed by atoms with Crippen LogP contribution in [0, 0.1) is 0 Å². The Labute approximate surface area is 101 Å². The van der Waals surface area contributed by atoms with Gasteiger partial charge in [0.25, 0.3) is 0 Å². The van der Waals surface area contributed by atoms with Crippen LogP contribution in [0.1, 0.15) is 24.0 Å². The molecule has 1 saturated heterocycles. The normalized spacial score (nSPS) is 22.1. The Hall–Kier alpha value is -1.63. The smallest absolute Gasteiger partial charge is 0.171 e. The van der Waals surface area contributed by atoms with Crippen LogP contribution in [-0.2, 0) is 6.42 Å². The molecule has 2 aromatic rings. The van der Waals surface area contributed by atoms with Crippen LogP contribution in [-0.4, -0.2) is 23.4 Å². The van der Waals surface area contributed by atoms with Gasteiger partial charge < -0.3 is 0 Å². The third kappa shape index (κ3) is 1.35. The van der Waals surface area contributed by atoms with Gasteiger partial charge in [0.05, 0.1) is 0 Å². The zero-order valence-electron chi connectivity index (χ0n) is 9.89. The molecule has 2 aromatic carbocycles. The zero-order chi connectivity index (χ0) is 11.2. The van der Waals surface area contributed by atoms with Crippen molar-refractivity contribution >= 4 is 17.0 Å². The lowest BCUT2D eigenvalue weighted by Gasteiger charge is -2.17. The molecule has 0 radical (unpaired) electrons. The first-order valence-corrected chi connectivity index (χ1v) is 6.53. The Morgan fingerprint density at radius 3 is 3.00 bits per heavy atom. The molecule has 1 fully saturated rings. The Bertz CT molecular complexity index is 624. The number of rotatable bonds is 0. The van der Waals surface area contributed by atoms with E-state index in [1.165, 1.54) is 47.7 Å². The van der Waals surface area contributed by atoms with Crippen LogP contribution < -0.4 is 0 Å². The highest BCUT2D eigenvalue weighted by atomic mass is 15.1. The standard InChI is InChI=1S/C16H16N/c1-2-6-15-12(4-1)7-8-13-10-14-5-3-9-17(14)11-16(13)15/h1-2,4,6-8,11,14H,3,5,9-10H2/q+1/t14-/m0/s1. The van der Waals surface area contributed by atoms with Crippen molar-refractivity contribution in [3.63, 3.8) is 0 Å².